The standard InChI is InChI=1S/C21H21NO5S/c1-3-25-12-15-14-8-4-6-10-17(14)27-20(15)21(24)26-13-19(23)22-16-9-5-7-11-18(16)28-2/h4-11H,3,12-13H2,1-2H3,(H,22,23). The number of hydrogen-bond acceptors (Lipinski definition) is 6. The largest absolute Gasteiger partial charge is 0.450 e. The quantitative estimate of drug-likeness (QED) is 0.444. The Labute approximate surface area is 167 Å². The fourth-order valence-corrected chi connectivity index (χ4v) is 3.30. The van der Waals surface area contributed by atoms with Gasteiger partial charge in [0, 0.05) is 22.5 Å². The lowest BCUT2D eigenvalue weighted by Crippen LogP contribution is -2.21. The number of rotatable bonds is 8. The molecule has 0 fully saturated rings. The number of fused-ring (bicyclic) bond motifs is 1. The van der Waals surface area contributed by atoms with Crippen LogP contribution < -0.4 is 5.32 Å². The zero-order valence-electron chi connectivity index (χ0n) is 15.7. The number of thioether (sulfide) groups is 1. The molecule has 0 bridgehead atoms. The van der Waals surface area contributed by atoms with Gasteiger partial charge in [-0.15, -0.1) is 11.8 Å². The monoisotopic (exact) mass is 399 g/mol. The van der Waals surface area contributed by atoms with E-state index in [-0.39, 0.29) is 12.4 Å². The number of esters is 1. The molecule has 28 heavy (non-hydrogen) atoms. The molecule has 0 aliphatic heterocycles. The second-order valence-corrected chi connectivity index (χ2v) is 6.72. The summed E-state index contributed by atoms with van der Waals surface area (Å²) in [5.74, 6) is -1.05. The fourth-order valence-electron chi connectivity index (χ4n) is 2.74. The maximum Gasteiger partial charge on any atom is 0.375 e. The lowest BCUT2D eigenvalue weighted by atomic mass is 10.1. The molecule has 1 N–H and O–H groups in total. The van der Waals surface area contributed by atoms with Crippen LogP contribution in [0.3, 0.4) is 0 Å². The summed E-state index contributed by atoms with van der Waals surface area (Å²) in [5, 5.41) is 3.54. The van der Waals surface area contributed by atoms with Crippen molar-refractivity contribution in [3.63, 3.8) is 0 Å². The number of furan rings is 1. The van der Waals surface area contributed by atoms with Crippen LogP contribution in [-0.2, 0) is 20.9 Å². The predicted octanol–water partition coefficient (Wildman–Crippen LogP) is 4.49. The molecule has 3 aromatic rings. The Morgan fingerprint density at radius 2 is 1.86 bits per heavy atom. The van der Waals surface area contributed by atoms with Crippen molar-refractivity contribution in [2.45, 2.75) is 18.4 Å². The third-order valence-corrected chi connectivity index (χ3v) is 4.85. The second kappa shape index (κ2) is 9.43. The number of nitrogens with one attached hydrogen (secondary N) is 1. The summed E-state index contributed by atoms with van der Waals surface area (Å²) in [7, 11) is 0. The molecule has 0 radical (unpaired) electrons. The van der Waals surface area contributed by atoms with Crippen LogP contribution in [0.5, 0.6) is 0 Å². The first-order chi connectivity index (χ1) is 13.6. The lowest BCUT2D eigenvalue weighted by molar-refractivity contribution is -0.119. The number of para-hydroxylation sites is 2. The van der Waals surface area contributed by atoms with Gasteiger partial charge in [0.1, 0.15) is 5.58 Å². The average molecular weight is 399 g/mol. The zero-order valence-corrected chi connectivity index (χ0v) is 16.5. The van der Waals surface area contributed by atoms with Gasteiger partial charge in [-0.1, -0.05) is 30.3 Å². The molecular weight excluding hydrogens is 378 g/mol. The SMILES string of the molecule is CCOCc1c(C(=O)OCC(=O)Nc2ccccc2SC)oc2ccccc12. The van der Waals surface area contributed by atoms with Gasteiger partial charge in [-0.25, -0.2) is 4.79 Å². The molecule has 0 saturated heterocycles. The van der Waals surface area contributed by atoms with Crippen LogP contribution in [0.15, 0.2) is 57.8 Å². The molecule has 1 amide bonds. The third-order valence-electron chi connectivity index (χ3n) is 4.05. The summed E-state index contributed by atoms with van der Waals surface area (Å²) < 4.78 is 16.3. The van der Waals surface area contributed by atoms with Gasteiger partial charge in [0.2, 0.25) is 5.76 Å². The summed E-state index contributed by atoms with van der Waals surface area (Å²) in [6, 6.07) is 14.7. The minimum atomic E-state index is -0.695. The molecule has 1 aromatic heterocycles. The predicted molar refractivity (Wildman–Crippen MR) is 109 cm³/mol. The van der Waals surface area contributed by atoms with E-state index in [0.717, 1.165) is 10.3 Å². The normalized spacial score (nSPS) is 10.8. The molecule has 0 aliphatic carbocycles. The van der Waals surface area contributed by atoms with E-state index >= 15 is 0 Å². The van der Waals surface area contributed by atoms with E-state index in [4.69, 9.17) is 13.9 Å². The number of amides is 1. The van der Waals surface area contributed by atoms with Gasteiger partial charge in [0.05, 0.1) is 12.3 Å². The Morgan fingerprint density at radius 1 is 1.11 bits per heavy atom. The Hall–Kier alpha value is -2.77. The molecule has 0 saturated carbocycles. The first-order valence-corrected chi connectivity index (χ1v) is 10.0. The van der Waals surface area contributed by atoms with Gasteiger partial charge in [-0.3, -0.25) is 4.79 Å². The number of hydrogen-bond donors (Lipinski definition) is 1. The number of carbonyl (C=O) groups is 2. The van der Waals surface area contributed by atoms with Gasteiger partial charge >= 0.3 is 5.97 Å². The molecule has 146 valence electrons. The van der Waals surface area contributed by atoms with Crippen LogP contribution in [0.1, 0.15) is 23.0 Å². The van der Waals surface area contributed by atoms with Crippen molar-refractivity contribution >= 4 is 40.3 Å². The van der Waals surface area contributed by atoms with Crippen molar-refractivity contribution in [3.8, 4) is 0 Å². The zero-order chi connectivity index (χ0) is 19.9. The Bertz CT molecular complexity index is 982. The van der Waals surface area contributed by atoms with Crippen LogP contribution in [0.25, 0.3) is 11.0 Å². The molecule has 3 rings (SSSR count). The van der Waals surface area contributed by atoms with Crippen LogP contribution in [0, 0.1) is 0 Å². The highest BCUT2D eigenvalue weighted by molar-refractivity contribution is 7.98. The van der Waals surface area contributed by atoms with Crippen molar-refractivity contribution in [2.75, 3.05) is 24.8 Å². The van der Waals surface area contributed by atoms with E-state index in [1.165, 1.54) is 11.8 Å². The van der Waals surface area contributed by atoms with Gasteiger partial charge in [0.15, 0.2) is 6.61 Å². The van der Waals surface area contributed by atoms with Crippen molar-refractivity contribution in [1.29, 1.82) is 0 Å². The van der Waals surface area contributed by atoms with E-state index in [1.54, 1.807) is 12.1 Å². The topological polar surface area (TPSA) is 77.8 Å². The molecule has 0 spiro atoms. The Balaban J connectivity index is 1.70. The number of benzene rings is 2. The minimum absolute atomic E-state index is 0.0620. The molecule has 6 nitrogen and oxygen atoms in total. The second-order valence-electron chi connectivity index (χ2n) is 5.87. The minimum Gasteiger partial charge on any atom is -0.450 e. The van der Waals surface area contributed by atoms with Crippen molar-refractivity contribution in [1.82, 2.24) is 0 Å². The number of ether oxygens (including phenoxy) is 2. The van der Waals surface area contributed by atoms with Crippen LogP contribution in [0.2, 0.25) is 0 Å². The highest BCUT2D eigenvalue weighted by atomic mass is 32.2. The van der Waals surface area contributed by atoms with Gasteiger partial charge in [0.25, 0.3) is 5.91 Å². The van der Waals surface area contributed by atoms with E-state index in [2.05, 4.69) is 5.32 Å². The summed E-state index contributed by atoms with van der Waals surface area (Å²) >= 11 is 1.52. The molecule has 7 heteroatoms. The van der Waals surface area contributed by atoms with Crippen molar-refractivity contribution < 1.29 is 23.5 Å². The summed E-state index contributed by atoms with van der Waals surface area (Å²) in [5.41, 5.74) is 1.87. The number of anilines is 1. The molecular formula is C21H21NO5S. The van der Waals surface area contributed by atoms with Crippen LogP contribution in [0.4, 0.5) is 5.69 Å². The van der Waals surface area contributed by atoms with Crippen molar-refractivity contribution in [3.05, 3.63) is 59.9 Å². The molecule has 0 aliphatic rings. The number of carbonyl (C=O) groups excluding carboxylic acids is 2. The van der Waals surface area contributed by atoms with Gasteiger partial charge in [-0.2, -0.15) is 0 Å². The highest BCUT2D eigenvalue weighted by Crippen LogP contribution is 2.27. The molecule has 1 heterocycles. The highest BCUT2D eigenvalue weighted by Gasteiger charge is 2.22. The van der Waals surface area contributed by atoms with E-state index in [0.29, 0.717) is 23.4 Å². The lowest BCUT2D eigenvalue weighted by Gasteiger charge is -2.09. The Morgan fingerprint density at radius 3 is 2.64 bits per heavy atom. The van der Waals surface area contributed by atoms with Crippen LogP contribution in [-0.4, -0.2) is 31.3 Å². The van der Waals surface area contributed by atoms with Gasteiger partial charge < -0.3 is 19.2 Å². The van der Waals surface area contributed by atoms with E-state index in [1.807, 2.05) is 49.6 Å². The molecule has 2 aromatic carbocycles. The van der Waals surface area contributed by atoms with Crippen molar-refractivity contribution in [2.24, 2.45) is 0 Å². The summed E-state index contributed by atoms with van der Waals surface area (Å²) in [6.07, 6.45) is 1.92. The fraction of sp³-hybridized carbons (Fsp3) is 0.238. The van der Waals surface area contributed by atoms with Crippen LogP contribution >= 0.6 is 11.8 Å². The summed E-state index contributed by atoms with van der Waals surface area (Å²) in [4.78, 5) is 25.6. The average Bonchev–Trinajstić information content (AvgIpc) is 3.09. The first-order valence-electron chi connectivity index (χ1n) is 8.82. The third kappa shape index (κ3) is 4.55. The first kappa shape index (κ1) is 20.0. The van der Waals surface area contributed by atoms with E-state index < -0.39 is 18.5 Å². The van der Waals surface area contributed by atoms with E-state index in [9.17, 15) is 9.59 Å². The molecule has 0 atom stereocenters. The smallest absolute Gasteiger partial charge is 0.375 e. The summed E-state index contributed by atoms with van der Waals surface area (Å²) in [6.45, 7) is 2.19. The maximum absolute atomic E-state index is 12.5. The molecule has 0 unspecified atom stereocenters. The van der Waals surface area contributed by atoms with Gasteiger partial charge in [-0.05, 0) is 31.4 Å². The maximum atomic E-state index is 12.5. The Kier molecular flexibility index (Phi) is 6.73.